The number of amides is 2. The molecular formula is C29H26ClN3O3. The molecular weight excluding hydrogens is 474 g/mol. The van der Waals surface area contributed by atoms with E-state index in [-0.39, 0.29) is 35.5 Å². The van der Waals surface area contributed by atoms with Gasteiger partial charge < -0.3 is 14.7 Å². The third-order valence-corrected chi connectivity index (χ3v) is 7.02. The number of para-hydroxylation sites is 2. The Labute approximate surface area is 214 Å². The molecule has 3 aromatic carbocycles. The van der Waals surface area contributed by atoms with Gasteiger partial charge in [-0.3, -0.25) is 9.59 Å². The van der Waals surface area contributed by atoms with Crippen LogP contribution in [0.25, 0.3) is 11.3 Å². The lowest BCUT2D eigenvalue weighted by Crippen LogP contribution is -2.45. The number of halogens is 1. The summed E-state index contributed by atoms with van der Waals surface area (Å²) >= 11 is 5.98. The molecule has 36 heavy (non-hydrogen) atoms. The second-order valence-electron chi connectivity index (χ2n) is 9.15. The monoisotopic (exact) mass is 499 g/mol. The molecule has 7 heteroatoms. The number of fused-ring (bicyclic) bond motifs is 1. The van der Waals surface area contributed by atoms with Gasteiger partial charge in [-0.2, -0.15) is 0 Å². The minimum atomic E-state index is -0.284. The van der Waals surface area contributed by atoms with Crippen LogP contribution in [0.2, 0.25) is 5.02 Å². The van der Waals surface area contributed by atoms with Gasteiger partial charge in [-0.05, 0) is 55.2 Å². The second kappa shape index (κ2) is 9.99. The Hall–Kier alpha value is -3.90. The fourth-order valence-electron chi connectivity index (χ4n) is 4.85. The largest absolute Gasteiger partial charge is 0.350 e. The maximum atomic E-state index is 13.6. The summed E-state index contributed by atoms with van der Waals surface area (Å²) in [6.45, 7) is 3.94. The molecule has 0 aliphatic carbocycles. The Morgan fingerprint density at radius 2 is 1.72 bits per heavy atom. The van der Waals surface area contributed by atoms with Crippen LogP contribution in [0, 0.1) is 5.92 Å². The van der Waals surface area contributed by atoms with Crippen LogP contribution in [-0.2, 0) is 4.79 Å². The molecule has 1 N–H and O–H groups in total. The number of aromatic nitrogens is 1. The van der Waals surface area contributed by atoms with Gasteiger partial charge in [0.1, 0.15) is 5.69 Å². The highest BCUT2D eigenvalue weighted by atomic mass is 35.5. The van der Waals surface area contributed by atoms with E-state index < -0.39 is 0 Å². The molecule has 0 radical (unpaired) electrons. The molecule has 6 nitrogen and oxygen atoms in total. The van der Waals surface area contributed by atoms with Crippen molar-refractivity contribution >= 4 is 34.8 Å². The minimum Gasteiger partial charge on any atom is -0.350 e. The first-order valence-corrected chi connectivity index (χ1v) is 12.3. The number of carbonyl (C=O) groups excluding carboxylic acids is 2. The Balaban J connectivity index is 1.41. The van der Waals surface area contributed by atoms with Crippen LogP contribution >= 0.6 is 11.6 Å². The van der Waals surface area contributed by atoms with Gasteiger partial charge in [0.2, 0.25) is 11.7 Å². The van der Waals surface area contributed by atoms with Crippen molar-refractivity contribution in [2.75, 3.05) is 10.2 Å². The van der Waals surface area contributed by atoms with Gasteiger partial charge >= 0.3 is 0 Å². The molecule has 0 saturated heterocycles. The maximum absolute atomic E-state index is 13.6. The van der Waals surface area contributed by atoms with Crippen LogP contribution in [-0.4, -0.2) is 23.0 Å². The van der Waals surface area contributed by atoms with Crippen molar-refractivity contribution in [3.8, 4) is 11.3 Å². The Bertz CT molecular complexity index is 1380. The zero-order valence-electron chi connectivity index (χ0n) is 20.0. The highest BCUT2D eigenvalue weighted by Gasteiger charge is 2.39. The average molecular weight is 500 g/mol. The van der Waals surface area contributed by atoms with Crippen molar-refractivity contribution in [1.29, 1.82) is 0 Å². The van der Waals surface area contributed by atoms with E-state index in [2.05, 4.69) is 10.5 Å². The van der Waals surface area contributed by atoms with E-state index in [1.807, 2.05) is 80.6 Å². The number of benzene rings is 3. The van der Waals surface area contributed by atoms with Crippen LogP contribution in [0.3, 0.4) is 0 Å². The van der Waals surface area contributed by atoms with Gasteiger partial charge in [0.15, 0.2) is 0 Å². The van der Waals surface area contributed by atoms with Gasteiger partial charge in [-0.25, -0.2) is 0 Å². The fourth-order valence-corrected chi connectivity index (χ4v) is 4.98. The first kappa shape index (κ1) is 23.8. The Morgan fingerprint density at radius 1 is 1.03 bits per heavy atom. The number of nitrogens with zero attached hydrogens (tertiary/aromatic N) is 2. The zero-order chi connectivity index (χ0) is 25.2. The Kier molecular flexibility index (Phi) is 6.61. The molecule has 2 heterocycles. The van der Waals surface area contributed by atoms with Crippen LogP contribution in [0.15, 0.2) is 89.5 Å². The maximum Gasteiger partial charge on any atom is 0.297 e. The van der Waals surface area contributed by atoms with Gasteiger partial charge in [-0.1, -0.05) is 72.2 Å². The second-order valence-corrected chi connectivity index (χ2v) is 9.59. The number of carbonyl (C=O) groups is 2. The number of hydrogen-bond acceptors (Lipinski definition) is 4. The standard InChI is InChI=1S/C29H26ClN3O3/c1-18-16-24(19(2)28(34)31-22-8-4-3-5-9-22)23-10-6-7-11-26(23)33(18)29(35)27-17-25(32-36-27)20-12-14-21(30)15-13-20/h3-15,17-19,24H,16H2,1-2H3,(H,31,34). The molecule has 1 aliphatic rings. The average Bonchev–Trinajstić information content (AvgIpc) is 3.39. The van der Waals surface area contributed by atoms with Gasteiger partial charge in [0.25, 0.3) is 5.91 Å². The van der Waals surface area contributed by atoms with E-state index in [9.17, 15) is 9.59 Å². The molecule has 5 rings (SSSR count). The van der Waals surface area contributed by atoms with Crippen molar-refractivity contribution in [2.24, 2.45) is 5.92 Å². The number of anilines is 2. The normalized spacial score (nSPS) is 17.8. The fraction of sp³-hybridized carbons (Fsp3) is 0.207. The van der Waals surface area contributed by atoms with Crippen LogP contribution in [0.1, 0.15) is 42.3 Å². The number of rotatable bonds is 5. The van der Waals surface area contributed by atoms with Gasteiger partial charge in [0, 0.05) is 40.0 Å². The zero-order valence-corrected chi connectivity index (χ0v) is 20.8. The lowest BCUT2D eigenvalue weighted by atomic mass is 9.78. The molecule has 182 valence electrons. The molecule has 2 amide bonds. The first-order chi connectivity index (χ1) is 17.4. The van der Waals surface area contributed by atoms with E-state index >= 15 is 0 Å². The highest BCUT2D eigenvalue weighted by molar-refractivity contribution is 6.30. The molecule has 3 atom stereocenters. The molecule has 0 saturated carbocycles. The molecule has 4 aromatic rings. The first-order valence-electron chi connectivity index (χ1n) is 11.9. The molecule has 1 aliphatic heterocycles. The van der Waals surface area contributed by atoms with E-state index in [1.54, 1.807) is 23.1 Å². The van der Waals surface area contributed by atoms with Crippen molar-refractivity contribution < 1.29 is 14.1 Å². The summed E-state index contributed by atoms with van der Waals surface area (Å²) in [5.74, 6) is -0.468. The summed E-state index contributed by atoms with van der Waals surface area (Å²) in [6, 6.07) is 25.9. The number of hydrogen-bond donors (Lipinski definition) is 1. The van der Waals surface area contributed by atoms with Gasteiger partial charge in [0.05, 0.1) is 0 Å². The number of nitrogens with one attached hydrogen (secondary N) is 1. The molecule has 0 bridgehead atoms. The van der Waals surface area contributed by atoms with Crippen molar-refractivity contribution in [2.45, 2.75) is 32.2 Å². The highest BCUT2D eigenvalue weighted by Crippen LogP contribution is 2.43. The van der Waals surface area contributed by atoms with Crippen molar-refractivity contribution in [1.82, 2.24) is 5.16 Å². The quantitative estimate of drug-likeness (QED) is 0.328. The van der Waals surface area contributed by atoms with E-state index in [0.29, 0.717) is 17.1 Å². The molecule has 0 fully saturated rings. The van der Waals surface area contributed by atoms with E-state index in [0.717, 1.165) is 22.5 Å². The van der Waals surface area contributed by atoms with E-state index in [4.69, 9.17) is 16.1 Å². The molecule has 3 unspecified atom stereocenters. The Morgan fingerprint density at radius 3 is 2.47 bits per heavy atom. The summed E-state index contributed by atoms with van der Waals surface area (Å²) in [7, 11) is 0. The van der Waals surface area contributed by atoms with Crippen LogP contribution < -0.4 is 10.2 Å². The topological polar surface area (TPSA) is 75.4 Å². The lowest BCUT2D eigenvalue weighted by molar-refractivity contribution is -0.120. The van der Waals surface area contributed by atoms with Crippen molar-refractivity contribution in [3.63, 3.8) is 0 Å². The minimum absolute atomic E-state index is 0.0386. The van der Waals surface area contributed by atoms with Crippen molar-refractivity contribution in [3.05, 3.63) is 101 Å². The van der Waals surface area contributed by atoms with Gasteiger partial charge in [-0.15, -0.1) is 0 Å². The predicted molar refractivity (Wildman–Crippen MR) is 141 cm³/mol. The summed E-state index contributed by atoms with van der Waals surface area (Å²) in [6.07, 6.45) is 0.643. The van der Waals surface area contributed by atoms with E-state index in [1.165, 1.54) is 0 Å². The predicted octanol–water partition coefficient (Wildman–Crippen LogP) is 6.79. The summed E-state index contributed by atoms with van der Waals surface area (Å²) < 4.78 is 5.47. The smallest absolute Gasteiger partial charge is 0.297 e. The molecule has 1 aromatic heterocycles. The SMILES string of the molecule is CC(C(=O)Nc1ccccc1)C1CC(C)N(C(=O)c2cc(-c3ccc(Cl)cc3)no2)c2ccccc21. The third kappa shape index (κ3) is 4.64. The van der Waals surface area contributed by atoms with Crippen LogP contribution in [0.4, 0.5) is 11.4 Å². The summed E-state index contributed by atoms with van der Waals surface area (Å²) in [4.78, 5) is 28.5. The summed E-state index contributed by atoms with van der Waals surface area (Å²) in [5.41, 5.74) is 3.90. The third-order valence-electron chi connectivity index (χ3n) is 6.77. The summed E-state index contributed by atoms with van der Waals surface area (Å²) in [5, 5.41) is 7.74. The lowest BCUT2D eigenvalue weighted by Gasteiger charge is -2.40. The van der Waals surface area contributed by atoms with Crippen LogP contribution in [0.5, 0.6) is 0 Å². The molecule has 0 spiro atoms.